The molecule has 0 aromatic heterocycles. The van der Waals surface area contributed by atoms with E-state index in [9.17, 15) is 4.79 Å². The van der Waals surface area contributed by atoms with Crippen molar-refractivity contribution in [2.75, 3.05) is 24.3 Å². The first-order valence-electron chi connectivity index (χ1n) is 6.95. The Balaban J connectivity index is 2.01. The third kappa shape index (κ3) is 2.33. The minimum atomic E-state index is 0.0209. The molecule has 0 unspecified atom stereocenters. The summed E-state index contributed by atoms with van der Waals surface area (Å²) in [6.45, 7) is 2.65. The minimum absolute atomic E-state index is 0.0209. The fraction of sp³-hybridized carbons (Fsp3) is 0.235. The van der Waals surface area contributed by atoms with Crippen molar-refractivity contribution >= 4 is 17.3 Å². The first kappa shape index (κ1) is 13.5. The van der Waals surface area contributed by atoms with Gasteiger partial charge in [0.25, 0.3) is 5.91 Å². The van der Waals surface area contributed by atoms with Gasteiger partial charge in [-0.15, -0.1) is 0 Å². The van der Waals surface area contributed by atoms with E-state index < -0.39 is 0 Å². The largest absolute Gasteiger partial charge is 0.497 e. The van der Waals surface area contributed by atoms with E-state index in [0.29, 0.717) is 12.2 Å². The van der Waals surface area contributed by atoms with Crippen LogP contribution in [0.4, 0.5) is 11.4 Å². The maximum Gasteiger partial charge on any atom is 0.258 e. The van der Waals surface area contributed by atoms with Gasteiger partial charge >= 0.3 is 0 Å². The molecule has 0 spiro atoms. The molecule has 2 N–H and O–H groups in total. The molecule has 3 rings (SSSR count). The van der Waals surface area contributed by atoms with E-state index in [0.717, 1.165) is 34.5 Å². The van der Waals surface area contributed by atoms with E-state index in [1.165, 1.54) is 0 Å². The second kappa shape index (κ2) is 5.13. The number of carbonyl (C=O) groups excluding carboxylic acids is 1. The summed E-state index contributed by atoms with van der Waals surface area (Å²) >= 11 is 0. The maximum atomic E-state index is 12.7. The predicted octanol–water partition coefficient (Wildman–Crippen LogP) is 2.79. The van der Waals surface area contributed by atoms with Gasteiger partial charge < -0.3 is 15.4 Å². The van der Waals surface area contributed by atoms with Gasteiger partial charge in [-0.05, 0) is 54.8 Å². The highest BCUT2D eigenvalue weighted by Gasteiger charge is 2.26. The Bertz CT molecular complexity index is 710. The van der Waals surface area contributed by atoms with Gasteiger partial charge in [-0.25, -0.2) is 0 Å². The van der Waals surface area contributed by atoms with Crippen LogP contribution in [0, 0.1) is 6.92 Å². The fourth-order valence-corrected chi connectivity index (χ4v) is 2.74. The Morgan fingerprint density at radius 3 is 2.76 bits per heavy atom. The monoisotopic (exact) mass is 282 g/mol. The summed E-state index contributed by atoms with van der Waals surface area (Å²) in [6, 6.07) is 11.3. The van der Waals surface area contributed by atoms with E-state index in [1.54, 1.807) is 12.0 Å². The summed E-state index contributed by atoms with van der Waals surface area (Å²) < 4.78 is 5.22. The molecule has 21 heavy (non-hydrogen) atoms. The lowest BCUT2D eigenvalue weighted by atomic mass is 9.97. The van der Waals surface area contributed by atoms with Crippen LogP contribution in [0.2, 0.25) is 0 Å². The molecule has 0 atom stereocenters. The summed E-state index contributed by atoms with van der Waals surface area (Å²) in [5.41, 5.74) is 10.2. The van der Waals surface area contributed by atoms with Crippen LogP contribution in [-0.2, 0) is 6.42 Å². The van der Waals surface area contributed by atoms with Crippen molar-refractivity contribution in [3.05, 3.63) is 53.1 Å². The Labute approximate surface area is 124 Å². The third-order valence-corrected chi connectivity index (χ3v) is 3.92. The highest BCUT2D eigenvalue weighted by atomic mass is 16.5. The first-order valence-corrected chi connectivity index (χ1v) is 6.95. The number of hydrogen-bond donors (Lipinski definition) is 1. The number of nitrogens with zero attached hydrogens (tertiary/aromatic N) is 1. The molecule has 1 aliphatic rings. The van der Waals surface area contributed by atoms with Crippen molar-refractivity contribution in [2.45, 2.75) is 13.3 Å². The molecule has 4 nitrogen and oxygen atoms in total. The van der Waals surface area contributed by atoms with Crippen LogP contribution in [0.1, 0.15) is 21.5 Å². The minimum Gasteiger partial charge on any atom is -0.497 e. The lowest BCUT2D eigenvalue weighted by Crippen LogP contribution is -2.38. The molecule has 0 saturated heterocycles. The summed E-state index contributed by atoms with van der Waals surface area (Å²) in [6.07, 6.45) is 0.812. The second-order valence-electron chi connectivity index (χ2n) is 5.28. The molecule has 0 bridgehead atoms. The number of aryl methyl sites for hydroxylation is 1. The number of hydrogen-bond acceptors (Lipinski definition) is 3. The SMILES string of the molecule is COc1ccc2c(c1)CCN(c1cc(N)ccc1C)C2=O. The van der Waals surface area contributed by atoms with Crippen molar-refractivity contribution in [1.29, 1.82) is 0 Å². The highest BCUT2D eigenvalue weighted by molar-refractivity contribution is 6.08. The van der Waals surface area contributed by atoms with Crippen LogP contribution < -0.4 is 15.4 Å². The van der Waals surface area contributed by atoms with Crippen LogP contribution in [-0.4, -0.2) is 19.6 Å². The molecule has 0 saturated carbocycles. The quantitative estimate of drug-likeness (QED) is 0.862. The van der Waals surface area contributed by atoms with Crippen molar-refractivity contribution in [3.63, 3.8) is 0 Å². The molecule has 2 aromatic carbocycles. The number of nitrogens with two attached hydrogens (primary N) is 1. The van der Waals surface area contributed by atoms with Crippen LogP contribution in [0.5, 0.6) is 5.75 Å². The van der Waals surface area contributed by atoms with Gasteiger partial charge in [0.15, 0.2) is 0 Å². The van der Waals surface area contributed by atoms with Gasteiger partial charge in [0.1, 0.15) is 5.75 Å². The molecule has 4 heteroatoms. The maximum absolute atomic E-state index is 12.7. The van der Waals surface area contributed by atoms with Gasteiger partial charge in [0, 0.05) is 23.5 Å². The van der Waals surface area contributed by atoms with Crippen molar-refractivity contribution < 1.29 is 9.53 Å². The third-order valence-electron chi connectivity index (χ3n) is 3.92. The number of nitrogen functional groups attached to an aromatic ring is 1. The van der Waals surface area contributed by atoms with Crippen LogP contribution in [0.25, 0.3) is 0 Å². The topological polar surface area (TPSA) is 55.6 Å². The molecule has 0 radical (unpaired) electrons. The van der Waals surface area contributed by atoms with Gasteiger partial charge in [-0.2, -0.15) is 0 Å². The van der Waals surface area contributed by atoms with Crippen molar-refractivity contribution in [1.82, 2.24) is 0 Å². The number of benzene rings is 2. The lowest BCUT2D eigenvalue weighted by Gasteiger charge is -2.30. The molecule has 0 aliphatic carbocycles. The number of amides is 1. The Morgan fingerprint density at radius 1 is 1.19 bits per heavy atom. The zero-order valence-electron chi connectivity index (χ0n) is 12.2. The average Bonchev–Trinajstić information content (AvgIpc) is 2.50. The summed E-state index contributed by atoms with van der Waals surface area (Å²) in [4.78, 5) is 14.5. The molecule has 1 amide bonds. The Hall–Kier alpha value is -2.49. The predicted molar refractivity (Wildman–Crippen MR) is 84.0 cm³/mol. The van der Waals surface area contributed by atoms with E-state index in [-0.39, 0.29) is 5.91 Å². The summed E-state index contributed by atoms with van der Waals surface area (Å²) in [5, 5.41) is 0. The van der Waals surface area contributed by atoms with Crippen molar-refractivity contribution in [3.8, 4) is 5.75 Å². The Morgan fingerprint density at radius 2 is 2.00 bits per heavy atom. The number of ether oxygens (including phenoxy) is 1. The number of rotatable bonds is 2. The van der Waals surface area contributed by atoms with Crippen molar-refractivity contribution in [2.24, 2.45) is 0 Å². The zero-order chi connectivity index (χ0) is 15.0. The number of carbonyl (C=O) groups is 1. The van der Waals surface area contributed by atoms with E-state index >= 15 is 0 Å². The first-order chi connectivity index (χ1) is 10.1. The highest BCUT2D eigenvalue weighted by Crippen LogP contribution is 2.30. The van der Waals surface area contributed by atoms with Gasteiger partial charge in [0.2, 0.25) is 0 Å². The van der Waals surface area contributed by atoms with Crippen LogP contribution in [0.15, 0.2) is 36.4 Å². The normalized spacial score (nSPS) is 14.0. The van der Waals surface area contributed by atoms with Crippen LogP contribution >= 0.6 is 0 Å². The summed E-state index contributed by atoms with van der Waals surface area (Å²) in [7, 11) is 1.63. The fourth-order valence-electron chi connectivity index (χ4n) is 2.74. The van der Waals surface area contributed by atoms with E-state index in [2.05, 4.69) is 0 Å². The van der Waals surface area contributed by atoms with E-state index in [4.69, 9.17) is 10.5 Å². The molecular formula is C17H18N2O2. The molecular weight excluding hydrogens is 264 g/mol. The Kier molecular flexibility index (Phi) is 3.29. The second-order valence-corrected chi connectivity index (χ2v) is 5.28. The smallest absolute Gasteiger partial charge is 0.258 e. The molecule has 0 fully saturated rings. The van der Waals surface area contributed by atoms with Gasteiger partial charge in [0.05, 0.1) is 7.11 Å². The molecule has 108 valence electrons. The standard InChI is InChI=1S/C17H18N2O2/c1-11-3-4-13(18)10-16(11)19-8-7-12-9-14(21-2)5-6-15(12)17(19)20/h3-6,9-10H,7-8,18H2,1-2H3. The van der Waals surface area contributed by atoms with Gasteiger partial charge in [-0.3, -0.25) is 4.79 Å². The molecule has 2 aromatic rings. The van der Waals surface area contributed by atoms with Gasteiger partial charge in [-0.1, -0.05) is 6.07 Å². The average molecular weight is 282 g/mol. The van der Waals surface area contributed by atoms with E-state index in [1.807, 2.05) is 43.3 Å². The molecule has 1 aliphatic heterocycles. The lowest BCUT2D eigenvalue weighted by molar-refractivity contribution is 0.0980. The zero-order valence-corrected chi connectivity index (χ0v) is 12.2. The number of anilines is 2. The van der Waals surface area contributed by atoms with Crippen LogP contribution in [0.3, 0.4) is 0 Å². The molecule has 1 heterocycles. The summed E-state index contributed by atoms with van der Waals surface area (Å²) in [5.74, 6) is 0.808. The number of methoxy groups -OCH3 is 1. The number of fused-ring (bicyclic) bond motifs is 1.